The normalized spacial score (nSPS) is 11.7. The van der Waals surface area contributed by atoms with Crippen LogP contribution in [0.2, 0.25) is 5.02 Å². The Balaban J connectivity index is 2.43. The highest BCUT2D eigenvalue weighted by Gasteiger charge is 2.32. The van der Waals surface area contributed by atoms with Crippen LogP contribution >= 0.6 is 11.6 Å². The van der Waals surface area contributed by atoms with Gasteiger partial charge in [0.05, 0.1) is 13.2 Å². The van der Waals surface area contributed by atoms with E-state index in [2.05, 4.69) is 0 Å². The van der Waals surface area contributed by atoms with E-state index in [4.69, 9.17) is 11.6 Å². The summed E-state index contributed by atoms with van der Waals surface area (Å²) in [5.74, 6) is -1.000. The Hall–Kier alpha value is -1.49. The monoisotopic (exact) mass is 312 g/mol. The molecule has 0 aliphatic heterocycles. The lowest BCUT2D eigenvalue weighted by molar-refractivity contribution is 0.115. The molecule has 0 bridgehead atoms. The summed E-state index contributed by atoms with van der Waals surface area (Å²) < 4.78 is 27.3. The van der Waals surface area contributed by atoms with E-state index in [-0.39, 0.29) is 11.4 Å². The molecular weight excluding hydrogens is 298 g/mol. The van der Waals surface area contributed by atoms with E-state index in [0.29, 0.717) is 11.1 Å². The smallest absolute Gasteiger partial charge is 0.127 e. The summed E-state index contributed by atoms with van der Waals surface area (Å²) in [6.45, 7) is -0.871. The van der Waals surface area contributed by atoms with Crippen LogP contribution in [-0.2, 0) is 11.8 Å². The molecule has 2 rings (SSSR count). The summed E-state index contributed by atoms with van der Waals surface area (Å²) in [6, 6.07) is 9.79. The zero-order chi connectivity index (χ0) is 15.5. The van der Waals surface area contributed by atoms with Gasteiger partial charge < -0.3 is 10.2 Å². The van der Waals surface area contributed by atoms with Crippen molar-refractivity contribution in [2.45, 2.75) is 11.8 Å². The van der Waals surface area contributed by atoms with Gasteiger partial charge in [-0.05, 0) is 41.8 Å². The van der Waals surface area contributed by atoms with E-state index in [0.717, 1.165) is 0 Å². The van der Waals surface area contributed by atoms with Gasteiger partial charge in [0.1, 0.15) is 11.6 Å². The Labute approximate surface area is 126 Å². The summed E-state index contributed by atoms with van der Waals surface area (Å²) >= 11 is 5.71. The third-order valence-corrected chi connectivity index (χ3v) is 3.82. The molecule has 0 fully saturated rings. The fourth-order valence-corrected chi connectivity index (χ4v) is 2.45. The van der Waals surface area contributed by atoms with Gasteiger partial charge in [-0.2, -0.15) is 0 Å². The van der Waals surface area contributed by atoms with Gasteiger partial charge >= 0.3 is 0 Å². The van der Waals surface area contributed by atoms with E-state index in [1.165, 1.54) is 36.4 Å². The van der Waals surface area contributed by atoms with E-state index < -0.39 is 30.3 Å². The molecular formula is C16H15ClF2O2. The van der Waals surface area contributed by atoms with Crippen LogP contribution in [0.4, 0.5) is 8.78 Å². The van der Waals surface area contributed by atoms with Crippen molar-refractivity contribution in [2.75, 3.05) is 13.2 Å². The fourth-order valence-electron chi connectivity index (χ4n) is 2.29. The molecule has 2 N–H and O–H groups in total. The Morgan fingerprint density at radius 1 is 1.00 bits per heavy atom. The molecule has 0 saturated heterocycles. The van der Waals surface area contributed by atoms with Crippen molar-refractivity contribution in [1.82, 2.24) is 0 Å². The summed E-state index contributed by atoms with van der Waals surface area (Å²) in [5.41, 5.74) is -0.440. The van der Waals surface area contributed by atoms with Gasteiger partial charge in [-0.15, -0.1) is 0 Å². The Bertz CT molecular complexity index is 627. The minimum atomic E-state index is -1.16. The zero-order valence-corrected chi connectivity index (χ0v) is 11.9. The summed E-state index contributed by atoms with van der Waals surface area (Å²) in [6.07, 6.45) is 0.0342. The number of hydrogen-bond donors (Lipinski definition) is 2. The number of halogens is 3. The molecule has 0 radical (unpaired) electrons. The summed E-state index contributed by atoms with van der Waals surface area (Å²) in [5, 5.41) is 19.7. The lowest BCUT2D eigenvalue weighted by Gasteiger charge is -2.30. The van der Waals surface area contributed by atoms with Gasteiger partial charge in [0.25, 0.3) is 0 Å². The van der Waals surface area contributed by atoms with Crippen molar-refractivity contribution in [3.63, 3.8) is 0 Å². The second kappa shape index (κ2) is 6.52. The van der Waals surface area contributed by atoms with Gasteiger partial charge in [-0.25, -0.2) is 8.78 Å². The largest absolute Gasteiger partial charge is 0.395 e. The second-order valence-electron chi connectivity index (χ2n) is 5.02. The number of hydrogen-bond acceptors (Lipinski definition) is 2. The molecule has 0 saturated carbocycles. The predicted molar refractivity (Wildman–Crippen MR) is 77.4 cm³/mol. The topological polar surface area (TPSA) is 40.5 Å². The van der Waals surface area contributed by atoms with Crippen LogP contribution < -0.4 is 0 Å². The van der Waals surface area contributed by atoms with Crippen LogP contribution in [0.25, 0.3) is 0 Å². The first-order valence-electron chi connectivity index (χ1n) is 6.42. The highest BCUT2D eigenvalue weighted by molar-refractivity contribution is 6.30. The lowest BCUT2D eigenvalue weighted by atomic mass is 9.76. The van der Waals surface area contributed by atoms with Gasteiger partial charge in [0.15, 0.2) is 0 Å². The molecule has 0 aliphatic carbocycles. The maximum Gasteiger partial charge on any atom is 0.127 e. The van der Waals surface area contributed by atoms with E-state index in [9.17, 15) is 19.0 Å². The van der Waals surface area contributed by atoms with E-state index in [1.54, 1.807) is 6.07 Å². The SMILES string of the molecule is OCC(CO)(Cc1ccc(Cl)cc1F)c1cccc(F)c1. The van der Waals surface area contributed by atoms with Crippen molar-refractivity contribution in [3.8, 4) is 0 Å². The average molecular weight is 313 g/mol. The molecule has 5 heteroatoms. The third-order valence-electron chi connectivity index (χ3n) is 3.59. The third kappa shape index (κ3) is 3.40. The van der Waals surface area contributed by atoms with Crippen LogP contribution in [0, 0.1) is 11.6 Å². The molecule has 0 unspecified atom stereocenters. The van der Waals surface area contributed by atoms with E-state index >= 15 is 0 Å². The standard InChI is InChI=1S/C16H15ClF2O2/c17-13-5-4-11(15(19)7-13)8-16(9-20,10-21)12-2-1-3-14(18)6-12/h1-7,20-21H,8-10H2. The lowest BCUT2D eigenvalue weighted by Crippen LogP contribution is -2.37. The molecule has 0 atom stereocenters. The average Bonchev–Trinajstić information content (AvgIpc) is 2.47. The highest BCUT2D eigenvalue weighted by Crippen LogP contribution is 2.30. The van der Waals surface area contributed by atoms with Gasteiger partial charge in [-0.3, -0.25) is 0 Å². The predicted octanol–water partition coefficient (Wildman–Crippen LogP) is 3.08. The van der Waals surface area contributed by atoms with Crippen molar-refractivity contribution in [3.05, 3.63) is 70.2 Å². The van der Waals surface area contributed by atoms with Crippen molar-refractivity contribution >= 4 is 11.6 Å². The van der Waals surface area contributed by atoms with E-state index in [1.807, 2.05) is 0 Å². The summed E-state index contributed by atoms with van der Waals surface area (Å²) in [4.78, 5) is 0. The first-order valence-corrected chi connectivity index (χ1v) is 6.80. The molecule has 112 valence electrons. The van der Waals surface area contributed by atoms with Crippen LogP contribution in [0.15, 0.2) is 42.5 Å². The zero-order valence-electron chi connectivity index (χ0n) is 11.2. The van der Waals surface area contributed by atoms with Crippen LogP contribution in [0.3, 0.4) is 0 Å². The van der Waals surface area contributed by atoms with Crippen molar-refractivity contribution in [2.24, 2.45) is 0 Å². The molecule has 0 aromatic heterocycles. The van der Waals surface area contributed by atoms with Crippen LogP contribution in [0.5, 0.6) is 0 Å². The molecule has 21 heavy (non-hydrogen) atoms. The first kappa shape index (κ1) is 15.9. The molecule has 2 nitrogen and oxygen atoms in total. The van der Waals surface area contributed by atoms with Crippen LogP contribution in [0.1, 0.15) is 11.1 Å². The Morgan fingerprint density at radius 2 is 1.71 bits per heavy atom. The molecule has 2 aromatic carbocycles. The Morgan fingerprint density at radius 3 is 2.29 bits per heavy atom. The molecule has 0 amide bonds. The molecule has 0 spiro atoms. The Kier molecular flexibility index (Phi) is 4.93. The van der Waals surface area contributed by atoms with Crippen LogP contribution in [-0.4, -0.2) is 23.4 Å². The number of aliphatic hydroxyl groups excluding tert-OH is 2. The highest BCUT2D eigenvalue weighted by atomic mass is 35.5. The number of rotatable bonds is 5. The summed E-state index contributed by atoms with van der Waals surface area (Å²) in [7, 11) is 0. The van der Waals surface area contributed by atoms with Crippen molar-refractivity contribution < 1.29 is 19.0 Å². The van der Waals surface area contributed by atoms with Gasteiger partial charge in [0.2, 0.25) is 0 Å². The minimum absolute atomic E-state index is 0.0342. The van der Waals surface area contributed by atoms with Crippen molar-refractivity contribution in [1.29, 1.82) is 0 Å². The maximum atomic E-state index is 13.9. The quantitative estimate of drug-likeness (QED) is 0.891. The minimum Gasteiger partial charge on any atom is -0.395 e. The number of benzene rings is 2. The molecule has 0 aliphatic rings. The molecule has 0 heterocycles. The second-order valence-corrected chi connectivity index (χ2v) is 5.46. The maximum absolute atomic E-state index is 13.9. The van der Waals surface area contributed by atoms with Gasteiger partial charge in [-0.1, -0.05) is 29.8 Å². The molecule has 2 aromatic rings. The first-order chi connectivity index (χ1) is 10.0. The fraction of sp³-hybridized carbons (Fsp3) is 0.250. The number of aliphatic hydroxyl groups is 2. The van der Waals surface area contributed by atoms with Gasteiger partial charge in [0, 0.05) is 10.4 Å².